The summed E-state index contributed by atoms with van der Waals surface area (Å²) in [6.07, 6.45) is 0.778. The number of rotatable bonds is 1. The van der Waals surface area contributed by atoms with Crippen LogP contribution in [0.15, 0.2) is 0 Å². The minimum absolute atomic E-state index is 0.0578. The Balaban J connectivity index is 2.26. The first-order valence-corrected chi connectivity index (χ1v) is 6.14. The molecular formula is C12H20O5. The summed E-state index contributed by atoms with van der Waals surface area (Å²) in [5, 5.41) is 30.4. The van der Waals surface area contributed by atoms with Gasteiger partial charge in [-0.15, -0.1) is 0 Å². The molecule has 1 saturated heterocycles. The number of carbonyl (C=O) groups excluding carboxylic acids is 1. The van der Waals surface area contributed by atoms with Gasteiger partial charge in [0, 0.05) is 0 Å². The van der Waals surface area contributed by atoms with Gasteiger partial charge in [-0.3, -0.25) is 0 Å². The molecule has 5 heteroatoms. The third kappa shape index (κ3) is 1.77. The van der Waals surface area contributed by atoms with E-state index >= 15 is 0 Å². The van der Waals surface area contributed by atoms with Gasteiger partial charge in [0.15, 0.2) is 11.7 Å². The summed E-state index contributed by atoms with van der Waals surface area (Å²) >= 11 is 0. The minimum atomic E-state index is -1.92. The molecule has 17 heavy (non-hydrogen) atoms. The first-order chi connectivity index (χ1) is 7.80. The second-order valence-corrected chi connectivity index (χ2v) is 5.56. The van der Waals surface area contributed by atoms with Gasteiger partial charge in [0.1, 0.15) is 11.7 Å². The summed E-state index contributed by atoms with van der Waals surface area (Å²) in [5.74, 6) is -0.918. The van der Waals surface area contributed by atoms with E-state index in [4.69, 9.17) is 4.74 Å². The SMILES string of the molecule is C[C@H]1CCCC[C@]1(O)[C@@H]1OC(=O)[C@@](C)(O)[C@H]1O. The van der Waals surface area contributed by atoms with Gasteiger partial charge in [0.2, 0.25) is 0 Å². The van der Waals surface area contributed by atoms with E-state index in [0.717, 1.165) is 19.3 Å². The third-order valence-corrected chi connectivity index (χ3v) is 4.32. The number of cyclic esters (lactones) is 1. The number of hydrogen-bond donors (Lipinski definition) is 3. The average molecular weight is 244 g/mol. The predicted molar refractivity (Wildman–Crippen MR) is 59.1 cm³/mol. The highest BCUT2D eigenvalue weighted by atomic mass is 16.6. The summed E-state index contributed by atoms with van der Waals surface area (Å²) in [6.45, 7) is 3.10. The van der Waals surface area contributed by atoms with Crippen molar-refractivity contribution in [3.63, 3.8) is 0 Å². The molecule has 0 aromatic heterocycles. The van der Waals surface area contributed by atoms with E-state index in [-0.39, 0.29) is 5.92 Å². The van der Waals surface area contributed by atoms with E-state index in [9.17, 15) is 20.1 Å². The zero-order chi connectivity index (χ0) is 12.8. The molecule has 0 unspecified atom stereocenters. The van der Waals surface area contributed by atoms with Gasteiger partial charge in [-0.25, -0.2) is 4.79 Å². The van der Waals surface area contributed by atoms with Crippen molar-refractivity contribution in [1.29, 1.82) is 0 Å². The van der Waals surface area contributed by atoms with Gasteiger partial charge >= 0.3 is 5.97 Å². The van der Waals surface area contributed by atoms with Crippen LogP contribution >= 0.6 is 0 Å². The number of ether oxygens (including phenoxy) is 1. The van der Waals surface area contributed by atoms with Gasteiger partial charge in [0.25, 0.3) is 0 Å². The fourth-order valence-corrected chi connectivity index (χ4v) is 2.87. The van der Waals surface area contributed by atoms with Crippen molar-refractivity contribution in [3.8, 4) is 0 Å². The molecule has 0 bridgehead atoms. The molecular weight excluding hydrogens is 224 g/mol. The van der Waals surface area contributed by atoms with E-state index in [1.807, 2.05) is 6.92 Å². The number of carbonyl (C=O) groups is 1. The molecule has 1 aliphatic heterocycles. The molecule has 2 fully saturated rings. The summed E-state index contributed by atoms with van der Waals surface area (Å²) in [7, 11) is 0. The second-order valence-electron chi connectivity index (χ2n) is 5.56. The maximum Gasteiger partial charge on any atom is 0.341 e. The summed E-state index contributed by atoms with van der Waals surface area (Å²) in [5.41, 5.74) is -3.15. The van der Waals surface area contributed by atoms with Gasteiger partial charge < -0.3 is 20.1 Å². The molecule has 1 heterocycles. The molecule has 0 amide bonds. The Kier molecular flexibility index (Phi) is 2.96. The average Bonchev–Trinajstić information content (AvgIpc) is 2.47. The van der Waals surface area contributed by atoms with Crippen LogP contribution in [0, 0.1) is 5.92 Å². The smallest absolute Gasteiger partial charge is 0.341 e. The number of hydrogen-bond acceptors (Lipinski definition) is 5. The topological polar surface area (TPSA) is 87.0 Å². The Morgan fingerprint density at radius 1 is 1.35 bits per heavy atom. The predicted octanol–water partition coefficient (Wildman–Crippen LogP) is -0.0351. The highest BCUT2D eigenvalue weighted by Gasteiger charge is 2.61. The quantitative estimate of drug-likeness (QED) is 0.564. The molecule has 98 valence electrons. The third-order valence-electron chi connectivity index (χ3n) is 4.32. The molecule has 5 atom stereocenters. The summed E-state index contributed by atoms with van der Waals surface area (Å²) < 4.78 is 5.01. The van der Waals surface area contributed by atoms with Crippen LogP contribution in [-0.4, -0.2) is 44.7 Å². The zero-order valence-corrected chi connectivity index (χ0v) is 10.2. The van der Waals surface area contributed by atoms with Gasteiger partial charge in [-0.2, -0.15) is 0 Å². The number of esters is 1. The van der Waals surface area contributed by atoms with E-state index in [1.165, 1.54) is 6.92 Å². The van der Waals surface area contributed by atoms with Crippen molar-refractivity contribution in [2.45, 2.75) is 62.9 Å². The Labute approximate surface area is 100 Å². The molecule has 0 radical (unpaired) electrons. The van der Waals surface area contributed by atoms with Crippen LogP contribution in [-0.2, 0) is 9.53 Å². The van der Waals surface area contributed by atoms with Crippen molar-refractivity contribution >= 4 is 5.97 Å². The lowest BCUT2D eigenvalue weighted by molar-refractivity contribution is -0.173. The molecule has 1 aliphatic carbocycles. The van der Waals surface area contributed by atoms with Crippen LogP contribution < -0.4 is 0 Å². The van der Waals surface area contributed by atoms with Gasteiger partial charge in [0.05, 0.1) is 0 Å². The lowest BCUT2D eigenvalue weighted by atomic mass is 9.71. The Hall–Kier alpha value is -0.650. The van der Waals surface area contributed by atoms with Crippen LogP contribution in [0.5, 0.6) is 0 Å². The van der Waals surface area contributed by atoms with Crippen LogP contribution in [0.25, 0.3) is 0 Å². The van der Waals surface area contributed by atoms with Crippen LogP contribution in [0.2, 0.25) is 0 Å². The number of aliphatic hydroxyl groups excluding tert-OH is 1. The zero-order valence-electron chi connectivity index (χ0n) is 10.2. The molecule has 2 rings (SSSR count). The van der Waals surface area contributed by atoms with Crippen LogP contribution in [0.4, 0.5) is 0 Å². The first kappa shape index (κ1) is 12.8. The Morgan fingerprint density at radius 3 is 2.47 bits per heavy atom. The molecule has 0 aromatic rings. The fraction of sp³-hybridized carbons (Fsp3) is 0.917. The van der Waals surface area contributed by atoms with E-state index in [2.05, 4.69) is 0 Å². The summed E-state index contributed by atoms with van der Waals surface area (Å²) in [4.78, 5) is 11.5. The molecule has 0 aromatic carbocycles. The highest BCUT2D eigenvalue weighted by Crippen LogP contribution is 2.42. The Bertz CT molecular complexity index is 327. The number of aliphatic hydroxyl groups is 3. The maximum absolute atomic E-state index is 11.5. The first-order valence-electron chi connectivity index (χ1n) is 6.14. The standard InChI is InChI=1S/C12H20O5/c1-7-5-3-4-6-12(7,16)9-8(13)11(2,15)10(14)17-9/h7-9,13,15-16H,3-6H2,1-2H3/t7-,8-,9+,11-,12+/m0/s1. The lowest BCUT2D eigenvalue weighted by Gasteiger charge is -2.42. The van der Waals surface area contributed by atoms with Crippen molar-refractivity contribution < 1.29 is 24.9 Å². The molecule has 1 saturated carbocycles. The maximum atomic E-state index is 11.5. The normalized spacial score (nSPS) is 51.4. The van der Waals surface area contributed by atoms with Gasteiger partial charge in [-0.1, -0.05) is 19.8 Å². The monoisotopic (exact) mass is 244 g/mol. The Morgan fingerprint density at radius 2 is 2.00 bits per heavy atom. The minimum Gasteiger partial charge on any atom is -0.454 e. The highest BCUT2D eigenvalue weighted by molar-refractivity contribution is 5.82. The largest absolute Gasteiger partial charge is 0.454 e. The van der Waals surface area contributed by atoms with Crippen LogP contribution in [0.3, 0.4) is 0 Å². The molecule has 5 nitrogen and oxygen atoms in total. The summed E-state index contributed by atoms with van der Waals surface area (Å²) in [6, 6.07) is 0. The van der Waals surface area contributed by atoms with Crippen molar-refractivity contribution in [3.05, 3.63) is 0 Å². The lowest BCUT2D eigenvalue weighted by Crippen LogP contribution is -2.56. The van der Waals surface area contributed by atoms with E-state index < -0.39 is 29.4 Å². The van der Waals surface area contributed by atoms with Crippen molar-refractivity contribution in [2.24, 2.45) is 5.92 Å². The van der Waals surface area contributed by atoms with Gasteiger partial charge in [-0.05, 0) is 25.7 Å². The van der Waals surface area contributed by atoms with Crippen molar-refractivity contribution in [1.82, 2.24) is 0 Å². The van der Waals surface area contributed by atoms with Crippen LogP contribution in [0.1, 0.15) is 39.5 Å². The molecule has 2 aliphatic rings. The van der Waals surface area contributed by atoms with Crippen molar-refractivity contribution in [2.75, 3.05) is 0 Å². The van der Waals surface area contributed by atoms with E-state index in [0.29, 0.717) is 6.42 Å². The fourth-order valence-electron chi connectivity index (χ4n) is 2.87. The molecule has 0 spiro atoms. The second kappa shape index (κ2) is 3.93. The molecule has 3 N–H and O–H groups in total. The van der Waals surface area contributed by atoms with E-state index in [1.54, 1.807) is 0 Å².